The minimum absolute atomic E-state index is 0.00336. The molecule has 0 heterocycles. The van der Waals surface area contributed by atoms with Crippen molar-refractivity contribution in [2.75, 3.05) is 23.8 Å². The second-order valence-corrected chi connectivity index (χ2v) is 6.63. The van der Waals surface area contributed by atoms with E-state index in [1.807, 2.05) is 0 Å². The molecule has 2 aromatic carbocycles. The number of nitrogens with one attached hydrogen (secondary N) is 3. The van der Waals surface area contributed by atoms with E-state index >= 15 is 0 Å². The Morgan fingerprint density at radius 2 is 1.83 bits per heavy atom. The van der Waals surface area contributed by atoms with Crippen LogP contribution in [-0.4, -0.2) is 37.2 Å². The van der Waals surface area contributed by atoms with Gasteiger partial charge < -0.3 is 20.7 Å². The van der Waals surface area contributed by atoms with Gasteiger partial charge in [-0.05, 0) is 43.2 Å². The molecule has 1 aliphatic carbocycles. The van der Waals surface area contributed by atoms with E-state index in [0.717, 1.165) is 12.8 Å². The van der Waals surface area contributed by atoms with Crippen LogP contribution >= 0.6 is 0 Å². The predicted octanol–water partition coefficient (Wildman–Crippen LogP) is 3.57. The smallest absolute Gasteiger partial charge is 0.422 e. The Hall–Kier alpha value is -3.23. The summed E-state index contributed by atoms with van der Waals surface area (Å²) in [5.74, 6) is -0.621. The Morgan fingerprint density at radius 1 is 1.07 bits per heavy atom. The summed E-state index contributed by atoms with van der Waals surface area (Å²) in [6.07, 6.45) is -2.51. The molecule has 9 heteroatoms. The van der Waals surface area contributed by atoms with Crippen molar-refractivity contribution in [3.63, 3.8) is 0 Å². The second kappa shape index (κ2) is 8.85. The molecule has 0 atom stereocenters. The van der Waals surface area contributed by atoms with Crippen molar-refractivity contribution in [1.29, 1.82) is 0 Å². The first-order valence-corrected chi connectivity index (χ1v) is 9.03. The Balaban J connectivity index is 1.54. The van der Waals surface area contributed by atoms with Gasteiger partial charge >= 0.3 is 6.18 Å². The van der Waals surface area contributed by atoms with E-state index in [1.165, 1.54) is 18.2 Å². The number of carbonyl (C=O) groups excluding carboxylic acids is 2. The van der Waals surface area contributed by atoms with Crippen molar-refractivity contribution < 1.29 is 27.5 Å². The molecule has 0 aliphatic heterocycles. The Morgan fingerprint density at radius 3 is 2.55 bits per heavy atom. The number of benzene rings is 2. The lowest BCUT2D eigenvalue weighted by Gasteiger charge is -2.14. The standard InChI is InChI=1S/C20H20F3N3O3/c21-20(22,23)12-29-17-7-2-1-6-16(17)24-11-18(27)25-15-5-3-4-13(10-15)19(28)26-14-8-9-14/h1-7,10,14,24H,8-9,11-12H2,(H,25,27)(H,26,28). The number of amides is 2. The summed E-state index contributed by atoms with van der Waals surface area (Å²) in [6, 6.07) is 12.8. The number of alkyl halides is 3. The number of hydrogen-bond donors (Lipinski definition) is 3. The van der Waals surface area contributed by atoms with Gasteiger partial charge in [0.2, 0.25) is 5.91 Å². The molecule has 154 valence electrons. The van der Waals surface area contributed by atoms with Gasteiger partial charge in [0.1, 0.15) is 5.75 Å². The van der Waals surface area contributed by atoms with Crippen molar-refractivity contribution in [3.05, 3.63) is 54.1 Å². The zero-order valence-corrected chi connectivity index (χ0v) is 15.4. The van der Waals surface area contributed by atoms with E-state index in [0.29, 0.717) is 11.3 Å². The molecule has 6 nitrogen and oxygen atoms in total. The fraction of sp³-hybridized carbons (Fsp3) is 0.300. The van der Waals surface area contributed by atoms with Crippen LogP contribution in [0.4, 0.5) is 24.5 Å². The van der Waals surface area contributed by atoms with Crippen molar-refractivity contribution in [2.45, 2.75) is 25.1 Å². The van der Waals surface area contributed by atoms with Crippen LogP contribution in [0.5, 0.6) is 5.75 Å². The number of para-hydroxylation sites is 2. The van der Waals surface area contributed by atoms with Crippen molar-refractivity contribution in [3.8, 4) is 5.75 Å². The van der Waals surface area contributed by atoms with Gasteiger partial charge in [0, 0.05) is 17.3 Å². The highest BCUT2D eigenvalue weighted by atomic mass is 19.4. The molecule has 2 amide bonds. The van der Waals surface area contributed by atoms with E-state index in [4.69, 9.17) is 4.74 Å². The normalized spacial score (nSPS) is 13.5. The Kier molecular flexibility index (Phi) is 6.26. The molecule has 1 aliphatic rings. The molecule has 1 fully saturated rings. The number of halogens is 3. The molecule has 3 rings (SSSR count). The fourth-order valence-corrected chi connectivity index (χ4v) is 2.51. The summed E-state index contributed by atoms with van der Waals surface area (Å²) < 4.78 is 41.8. The van der Waals surface area contributed by atoms with Crippen LogP contribution in [0.25, 0.3) is 0 Å². The van der Waals surface area contributed by atoms with Crippen molar-refractivity contribution in [1.82, 2.24) is 5.32 Å². The van der Waals surface area contributed by atoms with E-state index in [2.05, 4.69) is 16.0 Å². The molecule has 0 bridgehead atoms. The highest BCUT2D eigenvalue weighted by molar-refractivity contribution is 5.98. The molecule has 1 saturated carbocycles. The maximum absolute atomic E-state index is 12.4. The maximum atomic E-state index is 12.4. The average Bonchev–Trinajstić information content (AvgIpc) is 3.49. The molecule has 3 N–H and O–H groups in total. The summed E-state index contributed by atoms with van der Waals surface area (Å²) in [6.45, 7) is -1.61. The van der Waals surface area contributed by atoms with Crippen molar-refractivity contribution >= 4 is 23.2 Å². The highest BCUT2D eigenvalue weighted by Gasteiger charge is 2.28. The van der Waals surface area contributed by atoms with Gasteiger partial charge in [-0.3, -0.25) is 9.59 Å². The summed E-state index contributed by atoms with van der Waals surface area (Å²) in [4.78, 5) is 24.3. The zero-order chi connectivity index (χ0) is 20.9. The van der Waals surface area contributed by atoms with Gasteiger partial charge in [0.25, 0.3) is 5.91 Å². The van der Waals surface area contributed by atoms with Crippen LogP contribution in [-0.2, 0) is 4.79 Å². The largest absolute Gasteiger partial charge is 0.482 e. The molecule has 0 saturated heterocycles. The average molecular weight is 407 g/mol. The van der Waals surface area contributed by atoms with E-state index < -0.39 is 18.7 Å². The topological polar surface area (TPSA) is 79.5 Å². The maximum Gasteiger partial charge on any atom is 0.422 e. The summed E-state index contributed by atoms with van der Waals surface area (Å²) in [5.41, 5.74) is 1.15. The molecule has 2 aromatic rings. The molecule has 0 spiro atoms. The first kappa shape index (κ1) is 20.5. The van der Waals surface area contributed by atoms with Gasteiger partial charge in [0.15, 0.2) is 6.61 Å². The van der Waals surface area contributed by atoms with Crippen molar-refractivity contribution in [2.24, 2.45) is 0 Å². The van der Waals surface area contributed by atoms with E-state index in [1.54, 1.807) is 30.3 Å². The number of ether oxygens (including phenoxy) is 1. The highest BCUT2D eigenvalue weighted by Crippen LogP contribution is 2.26. The quantitative estimate of drug-likeness (QED) is 0.625. The third-order valence-corrected chi connectivity index (χ3v) is 4.04. The predicted molar refractivity (Wildman–Crippen MR) is 102 cm³/mol. The zero-order valence-electron chi connectivity index (χ0n) is 15.4. The molecule has 0 radical (unpaired) electrons. The molecule has 0 aromatic heterocycles. The number of carbonyl (C=O) groups is 2. The van der Waals surface area contributed by atoms with E-state index in [-0.39, 0.29) is 29.9 Å². The number of hydrogen-bond acceptors (Lipinski definition) is 4. The lowest BCUT2D eigenvalue weighted by Crippen LogP contribution is -2.26. The van der Waals surface area contributed by atoms with Crippen LogP contribution < -0.4 is 20.7 Å². The van der Waals surface area contributed by atoms with Crippen LogP contribution in [0, 0.1) is 0 Å². The summed E-state index contributed by atoms with van der Waals surface area (Å²) in [7, 11) is 0. The summed E-state index contributed by atoms with van der Waals surface area (Å²) >= 11 is 0. The number of anilines is 2. The van der Waals surface area contributed by atoms with Gasteiger partial charge in [-0.1, -0.05) is 18.2 Å². The van der Waals surface area contributed by atoms with Gasteiger partial charge in [-0.15, -0.1) is 0 Å². The van der Waals surface area contributed by atoms with Gasteiger partial charge in [-0.2, -0.15) is 13.2 Å². The molecular formula is C20H20F3N3O3. The molecular weight excluding hydrogens is 387 g/mol. The SMILES string of the molecule is O=C(CNc1ccccc1OCC(F)(F)F)Nc1cccc(C(=O)NC2CC2)c1. The first-order chi connectivity index (χ1) is 13.8. The minimum Gasteiger partial charge on any atom is -0.482 e. The Labute approximate surface area is 165 Å². The Bertz CT molecular complexity index is 883. The number of rotatable bonds is 8. The third-order valence-electron chi connectivity index (χ3n) is 4.04. The van der Waals surface area contributed by atoms with Crippen LogP contribution in [0.15, 0.2) is 48.5 Å². The molecule has 0 unspecified atom stereocenters. The monoisotopic (exact) mass is 407 g/mol. The fourth-order valence-electron chi connectivity index (χ4n) is 2.51. The van der Waals surface area contributed by atoms with Gasteiger partial charge in [0.05, 0.1) is 12.2 Å². The molecule has 29 heavy (non-hydrogen) atoms. The minimum atomic E-state index is -4.46. The lowest BCUT2D eigenvalue weighted by molar-refractivity contribution is -0.153. The van der Waals surface area contributed by atoms with Crippen LogP contribution in [0.2, 0.25) is 0 Å². The third kappa shape index (κ3) is 6.70. The lowest BCUT2D eigenvalue weighted by atomic mass is 10.2. The second-order valence-electron chi connectivity index (χ2n) is 6.63. The van der Waals surface area contributed by atoms with Crippen LogP contribution in [0.1, 0.15) is 23.2 Å². The van der Waals surface area contributed by atoms with Gasteiger partial charge in [-0.25, -0.2) is 0 Å². The summed E-state index contributed by atoms with van der Waals surface area (Å²) in [5, 5.41) is 8.28. The van der Waals surface area contributed by atoms with E-state index in [9.17, 15) is 22.8 Å². The van der Waals surface area contributed by atoms with Crippen LogP contribution in [0.3, 0.4) is 0 Å². The first-order valence-electron chi connectivity index (χ1n) is 9.03.